The second kappa shape index (κ2) is 17.8. The average molecular weight is 842 g/mol. The number of hydrogen-bond donors (Lipinski definition) is 7. The molecule has 7 N–H and O–H groups in total. The predicted octanol–water partition coefficient (Wildman–Crippen LogP) is 2.58. The number of aliphatic hydroxyl groups is 1. The number of benzene rings is 2. The van der Waals surface area contributed by atoms with E-state index in [1.54, 1.807) is 6.07 Å². The quantitative estimate of drug-likeness (QED) is 0.146. The van der Waals surface area contributed by atoms with Crippen molar-refractivity contribution in [2.45, 2.75) is 101 Å². The lowest BCUT2D eigenvalue weighted by molar-refractivity contribution is -0.146. The van der Waals surface area contributed by atoms with Crippen LogP contribution in [0.2, 0.25) is 0 Å². The molecule has 0 saturated carbocycles. The van der Waals surface area contributed by atoms with Gasteiger partial charge >= 0.3 is 0 Å². The minimum absolute atomic E-state index is 0.0238. The van der Waals surface area contributed by atoms with Crippen LogP contribution in [-0.2, 0) is 14.4 Å². The summed E-state index contributed by atoms with van der Waals surface area (Å²) in [5, 5.41) is 36.0. The number of rotatable bonds is 9. The fraction of sp³-hybridized carbons (Fsp3) is 0.622. The van der Waals surface area contributed by atoms with Gasteiger partial charge in [0.15, 0.2) is 0 Å². The number of allylic oxidation sites excluding steroid dienone is 1. The summed E-state index contributed by atoms with van der Waals surface area (Å²) in [6, 6.07) is 13.7. The van der Waals surface area contributed by atoms with Gasteiger partial charge in [0, 0.05) is 88.4 Å². The first kappa shape index (κ1) is 42.0. The number of piperazine rings is 1. The Balaban J connectivity index is 0.733. The highest BCUT2D eigenvalue weighted by atomic mass is 19.1. The molecule has 2 amide bonds. The highest BCUT2D eigenvalue weighted by Gasteiger charge is 2.53. The third kappa shape index (κ3) is 9.11. The van der Waals surface area contributed by atoms with E-state index in [4.69, 9.17) is 0 Å². The molecular weight excluding hydrogens is 778 g/mol. The van der Waals surface area contributed by atoms with Crippen LogP contribution in [0.3, 0.4) is 0 Å². The summed E-state index contributed by atoms with van der Waals surface area (Å²) in [4.78, 5) is 44.4. The molecule has 0 spiro atoms. The number of piperidine rings is 3. The lowest BCUT2D eigenvalue weighted by Gasteiger charge is -2.47. The number of nitrogens with one attached hydrogen (secondary N) is 6. The Morgan fingerprint density at radius 3 is 2.44 bits per heavy atom. The van der Waals surface area contributed by atoms with Crippen molar-refractivity contribution < 1.29 is 23.9 Å². The Labute approximate surface area is 358 Å². The zero-order valence-corrected chi connectivity index (χ0v) is 35.5. The monoisotopic (exact) mass is 842 g/mol. The van der Waals surface area contributed by atoms with E-state index >= 15 is 4.39 Å². The van der Waals surface area contributed by atoms with Crippen LogP contribution in [-0.4, -0.2) is 139 Å². The van der Waals surface area contributed by atoms with Crippen molar-refractivity contribution in [3.8, 4) is 0 Å². The molecule has 7 heterocycles. The molecule has 9 rings (SSSR count). The maximum Gasteiger partial charge on any atom is 0.244 e. The minimum Gasteiger partial charge on any atom is -0.389 e. The van der Waals surface area contributed by atoms with Crippen LogP contribution in [0.15, 0.2) is 54.6 Å². The molecule has 2 aromatic carbocycles. The van der Waals surface area contributed by atoms with Gasteiger partial charge in [0.05, 0.1) is 36.1 Å². The Morgan fingerprint density at radius 1 is 0.918 bits per heavy atom. The van der Waals surface area contributed by atoms with Crippen molar-refractivity contribution in [2.75, 3.05) is 85.9 Å². The SMILES string of the molecule is C[C@@]1(O)CC/C=C\CN2C(=O)C3CNC(Nc4ccc(N5CCN(CC6CCN(c7ccc(NC8(C=O)CCC(=O)NC8)cc7F)CC6)CC5)cc4)NC3N2C2CCCC1N2. The van der Waals surface area contributed by atoms with E-state index in [9.17, 15) is 19.5 Å². The van der Waals surface area contributed by atoms with Gasteiger partial charge in [0.2, 0.25) is 11.8 Å². The first-order chi connectivity index (χ1) is 29.6. The molecule has 7 aliphatic heterocycles. The van der Waals surface area contributed by atoms with E-state index in [0.717, 1.165) is 96.3 Å². The molecule has 15 nitrogen and oxygen atoms in total. The molecule has 0 radical (unpaired) electrons. The van der Waals surface area contributed by atoms with Gasteiger partial charge in [-0.1, -0.05) is 12.2 Å². The summed E-state index contributed by atoms with van der Waals surface area (Å²) in [5.74, 6) is 0.116. The zero-order valence-electron chi connectivity index (χ0n) is 35.5. The van der Waals surface area contributed by atoms with Gasteiger partial charge in [-0.25, -0.2) is 4.39 Å². The van der Waals surface area contributed by atoms with Crippen LogP contribution in [0.1, 0.15) is 64.7 Å². The van der Waals surface area contributed by atoms with Crippen LogP contribution >= 0.6 is 0 Å². The molecule has 61 heavy (non-hydrogen) atoms. The fourth-order valence-corrected chi connectivity index (χ4v) is 10.7. The third-order valence-electron chi connectivity index (χ3n) is 14.4. The summed E-state index contributed by atoms with van der Waals surface area (Å²) < 4.78 is 15.4. The van der Waals surface area contributed by atoms with Crippen molar-refractivity contribution in [2.24, 2.45) is 11.8 Å². The van der Waals surface area contributed by atoms with Crippen molar-refractivity contribution in [1.29, 1.82) is 0 Å². The minimum atomic E-state index is -0.915. The van der Waals surface area contributed by atoms with Crippen LogP contribution in [0, 0.1) is 17.7 Å². The molecule has 16 heteroatoms. The van der Waals surface area contributed by atoms with Crippen LogP contribution in [0.25, 0.3) is 0 Å². The van der Waals surface area contributed by atoms with Gasteiger partial charge < -0.3 is 35.7 Å². The maximum atomic E-state index is 15.4. The maximum absolute atomic E-state index is 15.4. The Morgan fingerprint density at radius 2 is 1.70 bits per heavy atom. The molecule has 6 unspecified atom stereocenters. The second-order valence-corrected chi connectivity index (χ2v) is 18.6. The number of halogens is 1. The van der Waals surface area contributed by atoms with Gasteiger partial charge in [-0.2, -0.15) is 5.01 Å². The van der Waals surface area contributed by atoms with E-state index in [1.807, 2.05) is 18.0 Å². The summed E-state index contributed by atoms with van der Waals surface area (Å²) in [7, 11) is 0. The van der Waals surface area contributed by atoms with Gasteiger partial charge in [-0.05, 0) is 107 Å². The number of hydrogen-bond acceptors (Lipinski definition) is 13. The van der Waals surface area contributed by atoms with E-state index in [0.29, 0.717) is 43.2 Å². The number of anilines is 4. The first-order valence-corrected chi connectivity index (χ1v) is 22.7. The highest BCUT2D eigenvalue weighted by molar-refractivity contribution is 5.83. The molecule has 2 bridgehead atoms. The van der Waals surface area contributed by atoms with Crippen molar-refractivity contribution in [3.05, 3.63) is 60.4 Å². The molecule has 6 fully saturated rings. The highest BCUT2D eigenvalue weighted by Crippen LogP contribution is 2.35. The van der Waals surface area contributed by atoms with Crippen LogP contribution < -0.4 is 41.7 Å². The summed E-state index contributed by atoms with van der Waals surface area (Å²) >= 11 is 0. The van der Waals surface area contributed by atoms with Gasteiger partial charge in [0.25, 0.3) is 0 Å². The molecule has 6 saturated heterocycles. The average Bonchev–Trinajstić information content (AvgIpc) is 3.54. The number of carbonyl (C=O) groups excluding carboxylic acids is 3. The Bertz CT molecular complexity index is 1910. The third-order valence-corrected chi connectivity index (χ3v) is 14.4. The van der Waals surface area contributed by atoms with Gasteiger partial charge in [0.1, 0.15) is 23.9 Å². The zero-order chi connectivity index (χ0) is 42.1. The smallest absolute Gasteiger partial charge is 0.244 e. The molecular formula is C45H64FN11O4. The summed E-state index contributed by atoms with van der Waals surface area (Å²) in [5.41, 5.74) is 1.62. The normalized spacial score (nSPS) is 33.6. The van der Waals surface area contributed by atoms with Crippen molar-refractivity contribution >= 4 is 40.9 Å². The topological polar surface area (TPSA) is 160 Å². The molecule has 330 valence electrons. The fourth-order valence-electron chi connectivity index (χ4n) is 10.7. The van der Waals surface area contributed by atoms with Crippen LogP contribution in [0.5, 0.6) is 0 Å². The molecule has 0 aromatic heterocycles. The number of fused-ring (bicyclic) bond motifs is 6. The van der Waals surface area contributed by atoms with Crippen molar-refractivity contribution in [3.63, 3.8) is 0 Å². The van der Waals surface area contributed by atoms with E-state index in [2.05, 4.69) is 88.0 Å². The largest absolute Gasteiger partial charge is 0.389 e. The van der Waals surface area contributed by atoms with E-state index < -0.39 is 11.1 Å². The van der Waals surface area contributed by atoms with Gasteiger partial charge in [-0.15, -0.1) is 0 Å². The number of aldehydes is 1. The van der Waals surface area contributed by atoms with E-state index in [-0.39, 0.29) is 61.2 Å². The molecule has 2 aromatic rings. The van der Waals surface area contributed by atoms with Gasteiger partial charge in [-0.3, -0.25) is 35.4 Å². The Hall–Kier alpha value is -4.32. The van der Waals surface area contributed by atoms with E-state index in [1.165, 1.54) is 11.8 Å². The summed E-state index contributed by atoms with van der Waals surface area (Å²) in [6.07, 6.45) is 11.6. The number of nitrogens with zero attached hydrogens (tertiary/aromatic N) is 5. The molecule has 0 aliphatic carbocycles. The number of hydrazine groups is 1. The number of amides is 2. The summed E-state index contributed by atoms with van der Waals surface area (Å²) in [6.45, 7) is 9.84. The number of carbonyl (C=O) groups is 3. The lowest BCUT2D eigenvalue weighted by atomic mass is 9.85. The second-order valence-electron chi connectivity index (χ2n) is 18.6. The molecule has 7 atom stereocenters. The predicted molar refractivity (Wildman–Crippen MR) is 234 cm³/mol. The van der Waals surface area contributed by atoms with Crippen LogP contribution in [0.4, 0.5) is 27.1 Å². The Kier molecular flexibility index (Phi) is 12.3. The molecule has 7 aliphatic rings. The lowest BCUT2D eigenvalue weighted by Crippen LogP contribution is -2.69. The van der Waals surface area contributed by atoms with Crippen molar-refractivity contribution in [1.82, 2.24) is 36.2 Å². The standard InChI is InChI=1S/C45H64FN11O4/c1-44(61)17-3-2-4-19-56-42(60)35-27-47-43(51-41(35)57(56)39-7-5-6-38(44)50-39)49-32-8-11-34(12-9-32)54-24-22-53(23-25-54)28-31-15-20-55(21-16-31)37-13-10-33(26-36(37)46)52-45(30-58)18-14-40(59)48-29-45/h2,4,8-13,26,30-31,35,38-39,41,43,47,49-52,61H,3,5-7,14-25,27-29H2,1H3,(H,48,59)/b4-2-/t35?,38?,39?,41?,43?,44-,45?/m1/s1. The first-order valence-electron chi connectivity index (χ1n) is 22.7.